The summed E-state index contributed by atoms with van der Waals surface area (Å²) < 4.78 is 18.5. The minimum atomic E-state index is -0.464. The highest BCUT2D eigenvalue weighted by Crippen LogP contribution is 2.21. The second kappa shape index (κ2) is 8.18. The van der Waals surface area contributed by atoms with E-state index in [9.17, 15) is 14.0 Å². The third-order valence-electron chi connectivity index (χ3n) is 6.82. The first-order valence-electron chi connectivity index (χ1n) is 11.2. The van der Waals surface area contributed by atoms with Crippen LogP contribution >= 0.6 is 0 Å². The van der Waals surface area contributed by atoms with Crippen molar-refractivity contribution >= 4 is 22.6 Å². The van der Waals surface area contributed by atoms with Crippen molar-refractivity contribution in [1.82, 2.24) is 28.4 Å². The van der Waals surface area contributed by atoms with E-state index in [1.807, 2.05) is 30.4 Å². The molecule has 174 valence electrons. The number of hydrogen-bond acceptors (Lipinski definition) is 5. The zero-order chi connectivity index (χ0) is 23.3. The molecule has 0 aliphatic carbocycles. The molecule has 1 aromatic carbocycles. The molecule has 0 radical (unpaired) electrons. The predicted molar refractivity (Wildman–Crippen MR) is 126 cm³/mol. The second-order valence-corrected chi connectivity index (χ2v) is 8.72. The van der Waals surface area contributed by atoms with Gasteiger partial charge in [0.1, 0.15) is 5.82 Å². The third-order valence-corrected chi connectivity index (χ3v) is 6.82. The van der Waals surface area contributed by atoms with Crippen LogP contribution in [0.4, 0.5) is 10.1 Å². The Kier molecular flexibility index (Phi) is 5.32. The molecule has 1 aliphatic heterocycles. The van der Waals surface area contributed by atoms with Gasteiger partial charge in [0.25, 0.3) is 5.56 Å². The smallest absolute Gasteiger partial charge is 0.329 e. The van der Waals surface area contributed by atoms with Crippen LogP contribution in [0.15, 0.2) is 33.9 Å². The highest BCUT2D eigenvalue weighted by molar-refractivity contribution is 5.76. The molecule has 10 heteroatoms. The first-order valence-corrected chi connectivity index (χ1v) is 11.2. The lowest BCUT2D eigenvalue weighted by molar-refractivity contribution is 0.250. The number of halogens is 1. The Hall–Kier alpha value is -3.40. The fourth-order valence-corrected chi connectivity index (χ4v) is 4.78. The minimum absolute atomic E-state index is 0.209. The molecule has 0 bridgehead atoms. The average Bonchev–Trinajstić information content (AvgIpc) is 3.30. The molecular formula is C23H28FN7O2. The van der Waals surface area contributed by atoms with Crippen LogP contribution in [0.25, 0.3) is 16.9 Å². The minimum Gasteiger partial charge on any atom is -0.369 e. The largest absolute Gasteiger partial charge is 0.369 e. The van der Waals surface area contributed by atoms with Gasteiger partial charge in [-0.05, 0) is 51.1 Å². The van der Waals surface area contributed by atoms with Crippen molar-refractivity contribution in [3.8, 4) is 0 Å². The molecular weight excluding hydrogens is 425 g/mol. The van der Waals surface area contributed by atoms with Crippen LogP contribution in [0.3, 0.4) is 0 Å². The molecule has 0 atom stereocenters. The number of anilines is 1. The number of benzene rings is 1. The van der Waals surface area contributed by atoms with E-state index in [1.54, 1.807) is 7.05 Å². The number of piperazine rings is 1. The van der Waals surface area contributed by atoms with Crippen molar-refractivity contribution < 1.29 is 4.39 Å². The number of rotatable bonds is 5. The van der Waals surface area contributed by atoms with Gasteiger partial charge in [0, 0.05) is 56.8 Å². The number of nitrogens with zero attached hydrogens (tertiary/aromatic N) is 6. The van der Waals surface area contributed by atoms with Crippen LogP contribution in [0, 0.1) is 19.7 Å². The molecule has 3 aromatic heterocycles. The monoisotopic (exact) mass is 453 g/mol. The van der Waals surface area contributed by atoms with E-state index in [4.69, 9.17) is 0 Å². The molecule has 1 N–H and O–H groups in total. The Labute approximate surface area is 189 Å². The van der Waals surface area contributed by atoms with E-state index in [0.29, 0.717) is 16.9 Å². The molecule has 0 amide bonds. The van der Waals surface area contributed by atoms with Crippen LogP contribution in [0.2, 0.25) is 0 Å². The third kappa shape index (κ3) is 3.64. The van der Waals surface area contributed by atoms with Crippen molar-refractivity contribution in [3.05, 3.63) is 62.3 Å². The van der Waals surface area contributed by atoms with Gasteiger partial charge in [0.05, 0.1) is 0 Å². The molecule has 0 unspecified atom stereocenters. The molecule has 0 saturated carbocycles. The number of aryl methyl sites for hydroxylation is 3. The lowest BCUT2D eigenvalue weighted by atomic mass is 10.2. The summed E-state index contributed by atoms with van der Waals surface area (Å²) in [5.41, 5.74) is 3.00. The summed E-state index contributed by atoms with van der Waals surface area (Å²) in [4.78, 5) is 36.2. The zero-order valence-corrected chi connectivity index (χ0v) is 19.1. The van der Waals surface area contributed by atoms with Gasteiger partial charge in [0.15, 0.2) is 11.2 Å². The summed E-state index contributed by atoms with van der Waals surface area (Å²) in [6.07, 6.45) is 0.944. The van der Waals surface area contributed by atoms with Gasteiger partial charge in [-0.25, -0.2) is 9.18 Å². The van der Waals surface area contributed by atoms with Gasteiger partial charge < -0.3 is 9.47 Å². The fraction of sp³-hybridized carbons (Fsp3) is 0.435. The Balaban J connectivity index is 1.29. The van der Waals surface area contributed by atoms with Crippen LogP contribution in [0.5, 0.6) is 0 Å². The molecule has 4 aromatic rings. The Morgan fingerprint density at radius 3 is 2.39 bits per heavy atom. The quantitative estimate of drug-likeness (QED) is 0.497. The van der Waals surface area contributed by atoms with Crippen molar-refractivity contribution in [3.63, 3.8) is 0 Å². The SMILES string of the molecule is Cc1c(C)n2c3c(=O)[nH]c(=O)n(C)c3nc2n1CCCN1CCN(c2ccc(F)cc2)CC1. The van der Waals surface area contributed by atoms with Crippen molar-refractivity contribution in [2.75, 3.05) is 37.6 Å². The molecule has 9 nitrogen and oxygen atoms in total. The standard InChI is InChI=1S/C23H28FN7O2/c1-15-16(2)31-19-20(27(3)23(33)26-21(19)32)25-22(31)30(15)10-4-9-28-11-13-29(14-12-28)18-7-5-17(24)6-8-18/h5-8H,4,9-14H2,1-3H3,(H,26,32,33). The van der Waals surface area contributed by atoms with Crippen molar-refractivity contribution in [2.45, 2.75) is 26.8 Å². The Bertz CT molecular complexity index is 1440. The topological polar surface area (TPSA) is 83.6 Å². The number of H-pyrrole nitrogens is 1. The first-order chi connectivity index (χ1) is 15.8. The second-order valence-electron chi connectivity index (χ2n) is 8.72. The average molecular weight is 454 g/mol. The molecule has 1 saturated heterocycles. The highest BCUT2D eigenvalue weighted by Gasteiger charge is 2.21. The molecule has 1 aliphatic rings. The van der Waals surface area contributed by atoms with E-state index >= 15 is 0 Å². The number of aromatic nitrogens is 5. The molecule has 0 spiro atoms. The summed E-state index contributed by atoms with van der Waals surface area (Å²) in [6, 6.07) is 6.69. The van der Waals surface area contributed by atoms with E-state index in [2.05, 4.69) is 24.3 Å². The molecule has 33 heavy (non-hydrogen) atoms. The van der Waals surface area contributed by atoms with Crippen molar-refractivity contribution in [1.29, 1.82) is 0 Å². The van der Waals surface area contributed by atoms with Crippen LogP contribution in [-0.4, -0.2) is 61.1 Å². The van der Waals surface area contributed by atoms with Gasteiger partial charge in [-0.2, -0.15) is 4.98 Å². The predicted octanol–water partition coefficient (Wildman–Crippen LogP) is 1.64. The summed E-state index contributed by atoms with van der Waals surface area (Å²) >= 11 is 0. The van der Waals surface area contributed by atoms with E-state index in [-0.39, 0.29) is 5.82 Å². The van der Waals surface area contributed by atoms with Crippen LogP contribution < -0.4 is 16.1 Å². The highest BCUT2D eigenvalue weighted by atomic mass is 19.1. The summed E-state index contributed by atoms with van der Waals surface area (Å²) in [5.74, 6) is 0.479. The maximum Gasteiger partial charge on any atom is 0.329 e. The lowest BCUT2D eigenvalue weighted by Crippen LogP contribution is -2.46. The van der Waals surface area contributed by atoms with Crippen molar-refractivity contribution in [2.24, 2.45) is 7.05 Å². The lowest BCUT2D eigenvalue weighted by Gasteiger charge is -2.36. The van der Waals surface area contributed by atoms with Gasteiger partial charge in [-0.1, -0.05) is 0 Å². The maximum atomic E-state index is 13.2. The summed E-state index contributed by atoms with van der Waals surface area (Å²) in [5, 5.41) is 0. The Morgan fingerprint density at radius 2 is 1.70 bits per heavy atom. The zero-order valence-electron chi connectivity index (χ0n) is 19.1. The number of fused-ring (bicyclic) bond motifs is 3. The van der Waals surface area contributed by atoms with Crippen LogP contribution in [0.1, 0.15) is 17.8 Å². The van der Waals surface area contributed by atoms with E-state index in [0.717, 1.165) is 62.8 Å². The van der Waals surface area contributed by atoms with Gasteiger partial charge in [0.2, 0.25) is 5.78 Å². The van der Waals surface area contributed by atoms with E-state index < -0.39 is 11.2 Å². The van der Waals surface area contributed by atoms with Gasteiger partial charge in [-0.15, -0.1) is 0 Å². The normalized spacial score (nSPS) is 15.2. The molecule has 4 heterocycles. The number of imidazole rings is 2. The van der Waals surface area contributed by atoms with Crippen LogP contribution in [-0.2, 0) is 13.6 Å². The number of aromatic amines is 1. The van der Waals surface area contributed by atoms with Gasteiger partial charge in [-0.3, -0.25) is 23.6 Å². The van der Waals surface area contributed by atoms with E-state index in [1.165, 1.54) is 16.7 Å². The summed E-state index contributed by atoms with van der Waals surface area (Å²) in [6.45, 7) is 9.49. The maximum absolute atomic E-state index is 13.2. The van der Waals surface area contributed by atoms with Gasteiger partial charge >= 0.3 is 5.69 Å². The first kappa shape index (κ1) is 21.4. The summed E-state index contributed by atoms with van der Waals surface area (Å²) in [7, 11) is 1.62. The molecule has 1 fully saturated rings. The Morgan fingerprint density at radius 1 is 1.00 bits per heavy atom. The number of hydrogen-bond donors (Lipinski definition) is 1. The number of nitrogens with one attached hydrogen (secondary N) is 1. The molecule has 5 rings (SSSR count). The fourth-order valence-electron chi connectivity index (χ4n) is 4.78.